The van der Waals surface area contributed by atoms with Crippen LogP contribution in [-0.4, -0.2) is 17.8 Å². The summed E-state index contributed by atoms with van der Waals surface area (Å²) in [5.41, 5.74) is -0.0130. The van der Waals surface area contributed by atoms with E-state index in [2.05, 4.69) is 0 Å². The van der Waals surface area contributed by atoms with Crippen LogP contribution in [-0.2, 0) is 9.59 Å². The number of allylic oxidation sites excluding steroid dienone is 2. The lowest BCUT2D eigenvalue weighted by Crippen LogP contribution is -2.32. The van der Waals surface area contributed by atoms with Crippen LogP contribution < -0.4 is 10.0 Å². The summed E-state index contributed by atoms with van der Waals surface area (Å²) in [5.74, 6) is -2.82. The van der Waals surface area contributed by atoms with Crippen molar-refractivity contribution in [2.24, 2.45) is 17.8 Å². The third-order valence-electron chi connectivity index (χ3n) is 4.30. The highest BCUT2D eigenvalue weighted by Crippen LogP contribution is 2.40. The van der Waals surface area contributed by atoms with Gasteiger partial charge >= 0.3 is 0 Å². The summed E-state index contributed by atoms with van der Waals surface area (Å²) >= 11 is 5.80. The van der Waals surface area contributed by atoms with Crippen molar-refractivity contribution in [2.75, 3.05) is 4.90 Å². The molecule has 2 amide bonds. The zero-order valence-electron chi connectivity index (χ0n) is 11.8. The molecule has 1 fully saturated rings. The van der Waals surface area contributed by atoms with Crippen molar-refractivity contribution in [3.63, 3.8) is 0 Å². The standard InChI is InChI=1S/C16H14ClNO4/c1-8-3-2-4-10-13(8)15(20)18(14(10)19)9-5-6-12(17)11(7-9)16(21)22/h2-3,5-8,10,13H,4H2,1H3,(H,21,22)/p-1/t8-,10-,13+/m0/s1. The van der Waals surface area contributed by atoms with Gasteiger partial charge in [0.05, 0.1) is 23.5 Å². The highest BCUT2D eigenvalue weighted by atomic mass is 35.5. The Kier molecular flexibility index (Phi) is 3.53. The van der Waals surface area contributed by atoms with Gasteiger partial charge in [0.1, 0.15) is 0 Å². The number of hydrogen-bond donors (Lipinski definition) is 0. The summed E-state index contributed by atoms with van der Waals surface area (Å²) in [4.78, 5) is 37.3. The maximum Gasteiger partial charge on any atom is 0.238 e. The minimum absolute atomic E-state index is 0.00953. The van der Waals surface area contributed by atoms with E-state index in [1.54, 1.807) is 0 Å². The molecular weight excluding hydrogens is 306 g/mol. The molecule has 0 saturated carbocycles. The van der Waals surface area contributed by atoms with Crippen LogP contribution in [0.15, 0.2) is 30.4 Å². The number of halogens is 1. The highest BCUT2D eigenvalue weighted by molar-refractivity contribution is 6.33. The first-order valence-electron chi connectivity index (χ1n) is 6.97. The van der Waals surface area contributed by atoms with Crippen LogP contribution in [0.2, 0.25) is 5.02 Å². The van der Waals surface area contributed by atoms with E-state index in [1.165, 1.54) is 18.2 Å². The topological polar surface area (TPSA) is 77.5 Å². The lowest BCUT2D eigenvalue weighted by Gasteiger charge is -2.22. The SMILES string of the molecule is C[C@H]1C=CC[C@@H]2C(=O)N(c3ccc(Cl)c(C(=O)[O-])c3)C(=O)[C@@H]21. The summed E-state index contributed by atoms with van der Waals surface area (Å²) in [6.45, 7) is 1.90. The summed E-state index contributed by atoms with van der Waals surface area (Å²) in [6, 6.07) is 4.04. The number of carbonyl (C=O) groups is 3. The molecule has 0 radical (unpaired) electrons. The molecule has 1 heterocycles. The minimum Gasteiger partial charge on any atom is -0.545 e. The molecule has 1 aromatic rings. The second-order valence-corrected chi connectivity index (χ2v) is 6.03. The molecule has 6 heteroatoms. The second-order valence-electron chi connectivity index (χ2n) is 5.62. The number of anilines is 1. The fourth-order valence-corrected chi connectivity index (χ4v) is 3.41. The Morgan fingerprint density at radius 2 is 2.05 bits per heavy atom. The van der Waals surface area contributed by atoms with Crippen molar-refractivity contribution in [1.29, 1.82) is 0 Å². The van der Waals surface area contributed by atoms with Gasteiger partial charge in [-0.2, -0.15) is 0 Å². The van der Waals surface area contributed by atoms with Crippen molar-refractivity contribution in [3.8, 4) is 0 Å². The average molecular weight is 319 g/mol. The van der Waals surface area contributed by atoms with Crippen LogP contribution in [0.25, 0.3) is 0 Å². The maximum absolute atomic E-state index is 12.6. The van der Waals surface area contributed by atoms with E-state index < -0.39 is 5.97 Å². The number of benzene rings is 1. The van der Waals surface area contributed by atoms with Crippen molar-refractivity contribution in [1.82, 2.24) is 0 Å². The zero-order valence-corrected chi connectivity index (χ0v) is 12.5. The predicted molar refractivity (Wildman–Crippen MR) is 78.2 cm³/mol. The molecule has 2 aliphatic rings. The van der Waals surface area contributed by atoms with E-state index in [1.807, 2.05) is 19.1 Å². The van der Waals surface area contributed by atoms with Gasteiger partial charge in [-0.3, -0.25) is 14.5 Å². The smallest absolute Gasteiger partial charge is 0.238 e. The summed E-state index contributed by atoms with van der Waals surface area (Å²) in [7, 11) is 0. The van der Waals surface area contributed by atoms with Crippen molar-refractivity contribution in [3.05, 3.63) is 40.9 Å². The van der Waals surface area contributed by atoms with Crippen LogP contribution in [0.5, 0.6) is 0 Å². The molecule has 3 rings (SSSR count). The zero-order chi connectivity index (χ0) is 16.0. The number of carbonyl (C=O) groups excluding carboxylic acids is 3. The quantitative estimate of drug-likeness (QED) is 0.610. The van der Waals surface area contributed by atoms with Crippen molar-refractivity contribution < 1.29 is 19.5 Å². The van der Waals surface area contributed by atoms with Crippen LogP contribution in [0.3, 0.4) is 0 Å². The first-order valence-corrected chi connectivity index (χ1v) is 7.35. The Balaban J connectivity index is 2.03. The van der Waals surface area contributed by atoms with Crippen LogP contribution in [0, 0.1) is 17.8 Å². The monoisotopic (exact) mass is 318 g/mol. The minimum atomic E-state index is -1.45. The summed E-state index contributed by atoms with van der Waals surface area (Å²) < 4.78 is 0. The number of fused-ring (bicyclic) bond motifs is 1. The van der Waals surface area contributed by atoms with Gasteiger partial charge in [0.25, 0.3) is 0 Å². The van der Waals surface area contributed by atoms with Crippen LogP contribution in [0.4, 0.5) is 5.69 Å². The fraction of sp³-hybridized carbons (Fsp3) is 0.312. The average Bonchev–Trinajstić information content (AvgIpc) is 2.73. The number of carboxylic acids is 1. The van der Waals surface area contributed by atoms with E-state index in [4.69, 9.17) is 11.6 Å². The molecule has 0 N–H and O–H groups in total. The first-order chi connectivity index (χ1) is 10.4. The molecule has 0 bridgehead atoms. The largest absolute Gasteiger partial charge is 0.545 e. The van der Waals surface area contributed by atoms with Gasteiger partial charge < -0.3 is 9.90 Å². The van der Waals surface area contributed by atoms with Crippen molar-refractivity contribution >= 4 is 35.1 Å². The number of hydrogen-bond acceptors (Lipinski definition) is 4. The summed E-state index contributed by atoms with van der Waals surface area (Å²) in [6.07, 6.45) is 4.37. The Hall–Kier alpha value is -2.14. The maximum atomic E-state index is 12.6. The molecule has 1 aromatic carbocycles. The predicted octanol–water partition coefficient (Wildman–Crippen LogP) is 1.41. The molecule has 0 unspecified atom stereocenters. The molecule has 1 aliphatic carbocycles. The van der Waals surface area contributed by atoms with Gasteiger partial charge in [0, 0.05) is 10.6 Å². The Labute approximate surface area is 132 Å². The molecule has 0 spiro atoms. The number of carboxylic acid groups (broad SMARTS) is 1. The summed E-state index contributed by atoms with van der Waals surface area (Å²) in [5, 5.41) is 11.1. The molecule has 114 valence electrons. The van der Waals surface area contributed by atoms with E-state index >= 15 is 0 Å². The number of rotatable bonds is 2. The molecular formula is C16H13ClNO4-. The number of amides is 2. The Morgan fingerprint density at radius 1 is 1.32 bits per heavy atom. The molecule has 5 nitrogen and oxygen atoms in total. The van der Waals surface area contributed by atoms with E-state index in [9.17, 15) is 19.5 Å². The van der Waals surface area contributed by atoms with E-state index in [0.29, 0.717) is 6.42 Å². The molecule has 3 atom stereocenters. The van der Waals surface area contributed by atoms with Crippen molar-refractivity contribution in [2.45, 2.75) is 13.3 Å². The highest BCUT2D eigenvalue weighted by Gasteiger charge is 2.50. The van der Waals surface area contributed by atoms with E-state index in [0.717, 1.165) is 4.90 Å². The van der Waals surface area contributed by atoms with Crippen LogP contribution in [0.1, 0.15) is 23.7 Å². The number of nitrogens with zero attached hydrogens (tertiary/aromatic N) is 1. The molecule has 1 aliphatic heterocycles. The molecule has 0 aromatic heterocycles. The molecule has 22 heavy (non-hydrogen) atoms. The number of aromatic carboxylic acids is 1. The third-order valence-corrected chi connectivity index (χ3v) is 4.63. The van der Waals surface area contributed by atoms with E-state index in [-0.39, 0.29) is 45.8 Å². The van der Waals surface area contributed by atoms with Gasteiger partial charge in [0.2, 0.25) is 11.8 Å². The lowest BCUT2D eigenvalue weighted by molar-refractivity contribution is -0.255. The fourth-order valence-electron chi connectivity index (χ4n) is 3.21. The van der Waals surface area contributed by atoms with Gasteiger partial charge in [0.15, 0.2) is 0 Å². The van der Waals surface area contributed by atoms with Gasteiger partial charge in [-0.15, -0.1) is 0 Å². The third kappa shape index (κ3) is 2.13. The lowest BCUT2D eigenvalue weighted by atomic mass is 9.78. The first kappa shape index (κ1) is 14.8. The number of imide groups is 1. The normalized spacial score (nSPS) is 27.2. The van der Waals surface area contributed by atoms with Gasteiger partial charge in [-0.05, 0) is 30.5 Å². The van der Waals surface area contributed by atoms with Crippen LogP contribution >= 0.6 is 11.6 Å². The van der Waals surface area contributed by atoms with Gasteiger partial charge in [-0.25, -0.2) is 0 Å². The molecule has 1 saturated heterocycles. The Bertz CT molecular complexity index is 712. The second kappa shape index (κ2) is 5.25. The Morgan fingerprint density at radius 3 is 2.68 bits per heavy atom. The van der Waals surface area contributed by atoms with Gasteiger partial charge in [-0.1, -0.05) is 30.7 Å².